The summed E-state index contributed by atoms with van der Waals surface area (Å²) in [5.41, 5.74) is 10.7. The van der Waals surface area contributed by atoms with Gasteiger partial charge >= 0.3 is 0 Å². The second-order valence-electron chi connectivity index (χ2n) is 13.4. The van der Waals surface area contributed by atoms with E-state index in [4.69, 9.17) is 20.4 Å². The van der Waals surface area contributed by atoms with Gasteiger partial charge in [0.1, 0.15) is 0 Å². The van der Waals surface area contributed by atoms with Crippen molar-refractivity contribution >= 4 is 21.8 Å². The van der Waals surface area contributed by atoms with E-state index in [9.17, 15) is 0 Å². The summed E-state index contributed by atoms with van der Waals surface area (Å²) in [6, 6.07) is 60.1. The van der Waals surface area contributed by atoms with E-state index in [1.54, 1.807) is 0 Å². The molecule has 0 aliphatic carbocycles. The topological polar surface area (TPSA) is 43.6 Å². The molecule has 0 saturated heterocycles. The molecule has 0 aliphatic rings. The van der Waals surface area contributed by atoms with Crippen molar-refractivity contribution in [3.8, 4) is 73.2 Å². The van der Waals surface area contributed by atoms with Gasteiger partial charge in [-0.05, 0) is 69.8 Å². The van der Waals surface area contributed by atoms with Crippen molar-refractivity contribution in [2.45, 2.75) is 0 Å². The summed E-state index contributed by atoms with van der Waals surface area (Å²) < 4.78 is 37.5. The second-order valence-corrected chi connectivity index (χ2v) is 13.4. The Balaban J connectivity index is 1.09. The van der Waals surface area contributed by atoms with Crippen molar-refractivity contribution in [1.29, 1.82) is 0 Å². The van der Waals surface area contributed by atoms with E-state index in [-0.39, 0.29) is 24.2 Å². The Morgan fingerprint density at radius 1 is 0.327 bits per heavy atom. The molecule has 0 aliphatic heterocycles. The predicted octanol–water partition coefficient (Wildman–Crippen LogP) is 13.0. The van der Waals surface area contributed by atoms with Gasteiger partial charge in [0.25, 0.3) is 0 Å². The van der Waals surface area contributed by atoms with E-state index in [1.807, 2.05) is 132 Å². The first kappa shape index (κ1) is 28.1. The third kappa shape index (κ3) is 6.16. The van der Waals surface area contributed by atoms with Gasteiger partial charge in [0.15, 0.2) is 17.5 Å². The molecule has 0 fully saturated rings. The van der Waals surface area contributed by atoms with Gasteiger partial charge in [0, 0.05) is 33.2 Å². The summed E-state index contributed by atoms with van der Waals surface area (Å²) in [6.07, 6.45) is 0. The van der Waals surface area contributed by atoms with E-state index in [0.717, 1.165) is 66.7 Å². The maximum absolute atomic E-state index is 9.14. The lowest BCUT2D eigenvalue weighted by molar-refractivity contribution is 1.07. The summed E-state index contributed by atoms with van der Waals surface area (Å²) in [6.45, 7) is 0. The number of hydrogen-bond donors (Lipinski definition) is 0. The molecule has 258 valence electrons. The summed E-state index contributed by atoms with van der Waals surface area (Å²) in [5.74, 6) is 1.73. The summed E-state index contributed by atoms with van der Waals surface area (Å²) >= 11 is 0. The average molecular weight is 707 g/mol. The highest BCUT2D eigenvalue weighted by Crippen LogP contribution is 2.37. The van der Waals surface area contributed by atoms with Crippen molar-refractivity contribution in [3.05, 3.63) is 206 Å². The third-order valence-corrected chi connectivity index (χ3v) is 9.98. The van der Waals surface area contributed by atoms with Gasteiger partial charge < -0.3 is 4.57 Å². The maximum atomic E-state index is 9.14. The van der Waals surface area contributed by atoms with Crippen LogP contribution >= 0.6 is 0 Å². The molecule has 0 radical (unpaired) electrons. The van der Waals surface area contributed by atoms with Crippen molar-refractivity contribution in [2.75, 3.05) is 0 Å². The smallest absolute Gasteiger partial charge is 0.164 e. The van der Waals surface area contributed by atoms with Crippen LogP contribution in [0, 0.1) is 0 Å². The van der Waals surface area contributed by atoms with Crippen molar-refractivity contribution in [2.24, 2.45) is 0 Å². The Labute approximate surface area is 325 Å². The number of nitrogens with zero attached hydrogens (tertiary/aromatic N) is 4. The maximum Gasteiger partial charge on any atom is 0.164 e. The first-order valence-electron chi connectivity index (χ1n) is 20.2. The van der Waals surface area contributed by atoms with Gasteiger partial charge in [-0.1, -0.05) is 170 Å². The van der Waals surface area contributed by atoms with Crippen LogP contribution in [0.15, 0.2) is 206 Å². The SMILES string of the molecule is [2H]c1c([2H])c([2H])c2c(c1[2H])c1cc(-c3ccc(-c4ccccc4)cc3)ccc1n2-c1cccc(-c2cccc(-c3nc(-c4ccccc4)nc(-c4ccccc4)n3)c2)c1. The van der Waals surface area contributed by atoms with Crippen molar-refractivity contribution in [1.82, 2.24) is 19.5 Å². The monoisotopic (exact) mass is 706 g/mol. The molecule has 2 aromatic heterocycles. The molecule has 4 heteroatoms. The second kappa shape index (κ2) is 13.8. The number of aromatic nitrogens is 4. The van der Waals surface area contributed by atoms with Gasteiger partial charge in [-0.3, -0.25) is 0 Å². The minimum Gasteiger partial charge on any atom is -0.309 e. The molecule has 0 saturated carbocycles. The Morgan fingerprint density at radius 3 is 1.44 bits per heavy atom. The minimum absolute atomic E-state index is 0.0627. The molecule has 0 spiro atoms. The fourth-order valence-electron chi connectivity index (χ4n) is 7.25. The molecular formula is C51H34N4. The van der Waals surface area contributed by atoms with Crippen LogP contribution in [0.25, 0.3) is 95.0 Å². The van der Waals surface area contributed by atoms with Crippen LogP contribution in [0.5, 0.6) is 0 Å². The van der Waals surface area contributed by atoms with Gasteiger partial charge in [-0.25, -0.2) is 15.0 Å². The molecule has 55 heavy (non-hydrogen) atoms. The molecule has 10 rings (SSSR count). The van der Waals surface area contributed by atoms with Crippen LogP contribution in [-0.4, -0.2) is 19.5 Å². The lowest BCUT2D eigenvalue weighted by atomic mass is 9.99. The molecule has 4 nitrogen and oxygen atoms in total. The number of hydrogen-bond acceptors (Lipinski definition) is 3. The lowest BCUT2D eigenvalue weighted by Crippen LogP contribution is -2.00. The van der Waals surface area contributed by atoms with Crippen molar-refractivity contribution in [3.63, 3.8) is 0 Å². The number of fused-ring (bicyclic) bond motifs is 3. The summed E-state index contributed by atoms with van der Waals surface area (Å²) in [7, 11) is 0. The summed E-state index contributed by atoms with van der Waals surface area (Å²) in [5, 5.41) is 1.24. The molecular weight excluding hydrogens is 669 g/mol. The fraction of sp³-hybridized carbons (Fsp3) is 0. The molecule has 0 unspecified atom stereocenters. The zero-order valence-electron chi connectivity index (χ0n) is 33.6. The molecule has 10 aromatic rings. The van der Waals surface area contributed by atoms with E-state index in [0.29, 0.717) is 28.4 Å². The van der Waals surface area contributed by atoms with E-state index in [2.05, 4.69) is 54.6 Å². The van der Waals surface area contributed by atoms with Gasteiger partial charge in [-0.15, -0.1) is 0 Å². The Kier molecular flexibility index (Phi) is 7.08. The first-order chi connectivity index (χ1) is 28.9. The molecule has 0 atom stereocenters. The Morgan fingerprint density at radius 2 is 0.782 bits per heavy atom. The van der Waals surface area contributed by atoms with Gasteiger partial charge in [-0.2, -0.15) is 0 Å². The first-order valence-corrected chi connectivity index (χ1v) is 18.2. The van der Waals surface area contributed by atoms with E-state index >= 15 is 0 Å². The normalized spacial score (nSPS) is 12.3. The van der Waals surface area contributed by atoms with E-state index in [1.165, 1.54) is 0 Å². The zero-order chi connectivity index (χ0) is 40.0. The Hall–Kier alpha value is -7.43. The highest BCUT2D eigenvalue weighted by atomic mass is 15.0. The van der Waals surface area contributed by atoms with Crippen LogP contribution in [0.4, 0.5) is 0 Å². The molecule has 0 amide bonds. The van der Waals surface area contributed by atoms with Crippen LogP contribution in [-0.2, 0) is 0 Å². The van der Waals surface area contributed by atoms with Crippen LogP contribution < -0.4 is 0 Å². The summed E-state index contributed by atoms with van der Waals surface area (Å²) in [4.78, 5) is 14.7. The third-order valence-electron chi connectivity index (χ3n) is 9.98. The molecule has 0 bridgehead atoms. The van der Waals surface area contributed by atoms with Crippen molar-refractivity contribution < 1.29 is 5.48 Å². The Bertz CT molecular complexity index is 3130. The van der Waals surface area contributed by atoms with Crippen LogP contribution in [0.1, 0.15) is 5.48 Å². The molecule has 0 N–H and O–H groups in total. The minimum atomic E-state index is -0.269. The zero-order valence-corrected chi connectivity index (χ0v) is 29.6. The predicted molar refractivity (Wildman–Crippen MR) is 227 cm³/mol. The number of rotatable bonds is 7. The van der Waals surface area contributed by atoms with Gasteiger partial charge in [0.05, 0.1) is 16.5 Å². The largest absolute Gasteiger partial charge is 0.309 e. The molecule has 2 heterocycles. The fourth-order valence-corrected chi connectivity index (χ4v) is 7.25. The average Bonchev–Trinajstić information content (AvgIpc) is 3.66. The quantitative estimate of drug-likeness (QED) is 0.166. The van der Waals surface area contributed by atoms with Gasteiger partial charge in [0.2, 0.25) is 0 Å². The van der Waals surface area contributed by atoms with E-state index < -0.39 is 0 Å². The van der Waals surface area contributed by atoms with Crippen LogP contribution in [0.3, 0.4) is 0 Å². The highest BCUT2D eigenvalue weighted by molar-refractivity contribution is 6.10. The highest BCUT2D eigenvalue weighted by Gasteiger charge is 2.16. The number of benzene rings is 8. The lowest BCUT2D eigenvalue weighted by Gasteiger charge is -2.12. The number of para-hydroxylation sites is 1. The standard InChI is InChI=1S/C51H34N4/c1-4-14-35(15-5-1)36-26-28-37(29-27-36)42-30-31-48-46(34-42)45-24-10-11-25-47(45)55(48)44-23-13-21-41(33-44)40-20-12-22-43(32-40)51-53-49(38-16-6-2-7-17-38)52-50(54-51)39-18-8-3-9-19-39/h1-34H/i10D,11D,24D,25D. The van der Waals surface area contributed by atoms with Crippen LogP contribution in [0.2, 0.25) is 0 Å². The molecule has 8 aromatic carbocycles.